The molecule has 1 N–H and O–H groups in total. The highest BCUT2D eigenvalue weighted by Gasteiger charge is 2.22. The SMILES string of the molecule is CN(c1ccccc1)S(=O)(=O)c1ccc(C(=O)NCCCOCC2CC2)cc1. The molecule has 1 aliphatic carbocycles. The fourth-order valence-electron chi connectivity index (χ4n) is 2.73. The first-order chi connectivity index (χ1) is 13.5. The number of para-hydroxylation sites is 1. The average Bonchev–Trinajstić information content (AvgIpc) is 3.55. The number of nitrogens with zero attached hydrogens (tertiary/aromatic N) is 1. The zero-order valence-corrected chi connectivity index (χ0v) is 16.8. The monoisotopic (exact) mass is 402 g/mol. The fourth-order valence-corrected chi connectivity index (χ4v) is 3.92. The molecule has 1 fully saturated rings. The summed E-state index contributed by atoms with van der Waals surface area (Å²) >= 11 is 0. The lowest BCUT2D eigenvalue weighted by molar-refractivity contribution is 0.0937. The van der Waals surface area contributed by atoms with Gasteiger partial charge in [-0.05, 0) is 61.6 Å². The molecule has 1 saturated carbocycles. The molecule has 0 heterocycles. The number of sulfonamides is 1. The summed E-state index contributed by atoms with van der Waals surface area (Å²) in [5, 5.41) is 2.83. The summed E-state index contributed by atoms with van der Waals surface area (Å²) in [5.74, 6) is 0.521. The molecule has 150 valence electrons. The van der Waals surface area contributed by atoms with Crippen molar-refractivity contribution in [3.05, 3.63) is 60.2 Å². The molecule has 0 atom stereocenters. The van der Waals surface area contributed by atoms with Crippen LogP contribution in [0, 0.1) is 5.92 Å². The molecule has 0 aliphatic heterocycles. The smallest absolute Gasteiger partial charge is 0.264 e. The molecule has 28 heavy (non-hydrogen) atoms. The third kappa shape index (κ3) is 5.33. The fraction of sp³-hybridized carbons (Fsp3) is 0.381. The van der Waals surface area contributed by atoms with E-state index in [2.05, 4.69) is 5.32 Å². The van der Waals surface area contributed by atoms with Gasteiger partial charge in [0.1, 0.15) is 0 Å². The highest BCUT2D eigenvalue weighted by molar-refractivity contribution is 7.92. The Morgan fingerprint density at radius 3 is 2.43 bits per heavy atom. The van der Waals surface area contributed by atoms with Crippen LogP contribution in [-0.4, -0.2) is 41.1 Å². The molecule has 6 nitrogen and oxygen atoms in total. The first-order valence-electron chi connectivity index (χ1n) is 9.48. The lowest BCUT2D eigenvalue weighted by Crippen LogP contribution is -2.27. The predicted octanol–water partition coefficient (Wildman–Crippen LogP) is 3.06. The Morgan fingerprint density at radius 2 is 1.79 bits per heavy atom. The van der Waals surface area contributed by atoms with Gasteiger partial charge >= 0.3 is 0 Å². The van der Waals surface area contributed by atoms with Gasteiger partial charge in [0.05, 0.1) is 10.6 Å². The summed E-state index contributed by atoms with van der Waals surface area (Å²) in [4.78, 5) is 12.3. The quantitative estimate of drug-likeness (QED) is 0.620. The zero-order valence-electron chi connectivity index (χ0n) is 16.0. The number of anilines is 1. The molecule has 0 unspecified atom stereocenters. The molecule has 2 aromatic rings. The average molecular weight is 403 g/mol. The Kier molecular flexibility index (Phi) is 6.70. The number of nitrogens with one attached hydrogen (secondary N) is 1. The third-order valence-electron chi connectivity index (χ3n) is 4.70. The van der Waals surface area contributed by atoms with Crippen molar-refractivity contribution in [3.63, 3.8) is 0 Å². The van der Waals surface area contributed by atoms with Gasteiger partial charge in [0.2, 0.25) is 0 Å². The molecule has 7 heteroatoms. The molecule has 0 spiro atoms. The van der Waals surface area contributed by atoms with Crippen LogP contribution in [0.2, 0.25) is 0 Å². The minimum atomic E-state index is -3.68. The second kappa shape index (κ2) is 9.21. The number of hydrogen-bond acceptors (Lipinski definition) is 4. The van der Waals surface area contributed by atoms with Crippen LogP contribution in [0.3, 0.4) is 0 Å². The molecule has 1 amide bonds. The third-order valence-corrected chi connectivity index (χ3v) is 6.50. The zero-order chi connectivity index (χ0) is 20.0. The van der Waals surface area contributed by atoms with Crippen molar-refractivity contribution in [1.82, 2.24) is 5.32 Å². The van der Waals surface area contributed by atoms with E-state index >= 15 is 0 Å². The second-order valence-corrected chi connectivity index (χ2v) is 8.93. The highest BCUT2D eigenvalue weighted by atomic mass is 32.2. The van der Waals surface area contributed by atoms with Gasteiger partial charge in [0.25, 0.3) is 15.9 Å². The van der Waals surface area contributed by atoms with Crippen LogP contribution in [0.4, 0.5) is 5.69 Å². The van der Waals surface area contributed by atoms with Crippen molar-refractivity contribution in [2.45, 2.75) is 24.2 Å². The molecule has 0 bridgehead atoms. The number of amides is 1. The first kappa shape index (κ1) is 20.4. The molecule has 2 aromatic carbocycles. The molecular weight excluding hydrogens is 376 g/mol. The van der Waals surface area contributed by atoms with Crippen LogP contribution in [-0.2, 0) is 14.8 Å². The maximum Gasteiger partial charge on any atom is 0.264 e. The summed E-state index contributed by atoms with van der Waals surface area (Å²) in [5.41, 5.74) is 1.01. The van der Waals surface area contributed by atoms with E-state index < -0.39 is 10.0 Å². The maximum absolute atomic E-state index is 12.7. The van der Waals surface area contributed by atoms with Gasteiger partial charge in [-0.2, -0.15) is 0 Å². The first-order valence-corrected chi connectivity index (χ1v) is 10.9. The summed E-state index contributed by atoms with van der Waals surface area (Å²) in [6.45, 7) is 1.99. The number of rotatable bonds is 10. The van der Waals surface area contributed by atoms with Crippen LogP contribution in [0.25, 0.3) is 0 Å². The van der Waals surface area contributed by atoms with Crippen molar-refractivity contribution < 1.29 is 17.9 Å². The highest BCUT2D eigenvalue weighted by Crippen LogP contribution is 2.28. The number of ether oxygens (including phenoxy) is 1. The summed E-state index contributed by atoms with van der Waals surface area (Å²) in [7, 11) is -2.17. The van der Waals surface area contributed by atoms with Gasteiger partial charge in [-0.3, -0.25) is 9.10 Å². The van der Waals surface area contributed by atoms with E-state index in [0.29, 0.717) is 24.4 Å². The van der Waals surface area contributed by atoms with E-state index in [1.165, 1.54) is 48.5 Å². The normalized spacial score (nSPS) is 13.9. The maximum atomic E-state index is 12.7. The lowest BCUT2D eigenvalue weighted by Gasteiger charge is -2.19. The Morgan fingerprint density at radius 1 is 1.11 bits per heavy atom. The van der Waals surface area contributed by atoms with E-state index in [-0.39, 0.29) is 10.8 Å². The largest absolute Gasteiger partial charge is 0.381 e. The number of hydrogen-bond donors (Lipinski definition) is 1. The molecule has 1 aliphatic rings. The summed E-state index contributed by atoms with van der Waals surface area (Å²) in [6.07, 6.45) is 3.29. The Balaban J connectivity index is 1.52. The van der Waals surface area contributed by atoms with Gasteiger partial charge in [-0.15, -0.1) is 0 Å². The topological polar surface area (TPSA) is 75.7 Å². The Bertz CT molecular complexity index is 878. The Labute approximate surface area is 166 Å². The predicted molar refractivity (Wildman–Crippen MR) is 109 cm³/mol. The van der Waals surface area contributed by atoms with Crippen LogP contribution in [0.15, 0.2) is 59.5 Å². The lowest BCUT2D eigenvalue weighted by atomic mass is 10.2. The summed E-state index contributed by atoms with van der Waals surface area (Å²) in [6, 6.07) is 14.8. The van der Waals surface area contributed by atoms with Crippen molar-refractivity contribution >= 4 is 21.6 Å². The van der Waals surface area contributed by atoms with Crippen LogP contribution < -0.4 is 9.62 Å². The minimum absolute atomic E-state index is 0.142. The van der Waals surface area contributed by atoms with Crippen LogP contribution in [0.5, 0.6) is 0 Å². The van der Waals surface area contributed by atoms with Gasteiger partial charge in [0.15, 0.2) is 0 Å². The van der Waals surface area contributed by atoms with Gasteiger partial charge in [-0.25, -0.2) is 8.42 Å². The molecular formula is C21H26N2O4S. The second-order valence-electron chi connectivity index (χ2n) is 6.96. The van der Waals surface area contributed by atoms with Gasteiger partial charge in [-0.1, -0.05) is 18.2 Å². The van der Waals surface area contributed by atoms with Gasteiger partial charge < -0.3 is 10.1 Å². The van der Waals surface area contributed by atoms with E-state index in [4.69, 9.17) is 4.74 Å². The number of benzene rings is 2. The number of carbonyl (C=O) groups excluding carboxylic acids is 1. The molecule has 3 rings (SSSR count). The Hall–Kier alpha value is -2.38. The van der Waals surface area contributed by atoms with E-state index in [0.717, 1.165) is 18.9 Å². The van der Waals surface area contributed by atoms with Gasteiger partial charge in [0, 0.05) is 32.4 Å². The minimum Gasteiger partial charge on any atom is -0.381 e. The van der Waals surface area contributed by atoms with Crippen molar-refractivity contribution in [1.29, 1.82) is 0 Å². The standard InChI is InChI=1S/C21H26N2O4S/c1-23(19-6-3-2-4-7-19)28(25,26)20-12-10-18(11-13-20)21(24)22-14-5-15-27-16-17-8-9-17/h2-4,6-7,10-13,17H,5,8-9,14-16H2,1H3,(H,22,24). The molecule has 0 saturated heterocycles. The van der Waals surface area contributed by atoms with Crippen molar-refractivity contribution in [3.8, 4) is 0 Å². The van der Waals surface area contributed by atoms with E-state index in [1.54, 1.807) is 24.3 Å². The number of carbonyl (C=O) groups is 1. The van der Waals surface area contributed by atoms with Crippen LogP contribution in [0.1, 0.15) is 29.6 Å². The summed E-state index contributed by atoms with van der Waals surface area (Å²) < 4.78 is 32.3. The van der Waals surface area contributed by atoms with E-state index in [1.807, 2.05) is 6.07 Å². The molecule has 0 radical (unpaired) electrons. The van der Waals surface area contributed by atoms with Crippen molar-refractivity contribution in [2.24, 2.45) is 5.92 Å². The van der Waals surface area contributed by atoms with Crippen molar-refractivity contribution in [2.75, 3.05) is 31.1 Å². The molecule has 0 aromatic heterocycles. The van der Waals surface area contributed by atoms with E-state index in [9.17, 15) is 13.2 Å². The van der Waals surface area contributed by atoms with Crippen LogP contribution >= 0.6 is 0 Å².